The summed E-state index contributed by atoms with van der Waals surface area (Å²) in [5.41, 5.74) is 12.3. The number of amides is 3. The van der Waals surface area contributed by atoms with E-state index in [0.29, 0.717) is 31.6 Å². The van der Waals surface area contributed by atoms with Gasteiger partial charge >= 0.3 is 0 Å². The van der Waals surface area contributed by atoms with Crippen LogP contribution in [0.25, 0.3) is 0 Å². The van der Waals surface area contributed by atoms with E-state index in [9.17, 15) is 14.4 Å². The monoisotopic (exact) mass is 418 g/mol. The minimum absolute atomic E-state index is 0.118. The van der Waals surface area contributed by atoms with Crippen molar-refractivity contribution >= 4 is 23.4 Å². The molecule has 1 fully saturated rings. The summed E-state index contributed by atoms with van der Waals surface area (Å²) in [6, 6.07) is 11.6. The SMILES string of the molecule is NCc1cccc2c1CCCN2Cc1cccc2c1C(=O)N(C1CCC(=O)NC1=O)C2. The molecule has 7 nitrogen and oxygen atoms in total. The molecule has 3 aliphatic rings. The molecule has 1 atom stereocenters. The maximum absolute atomic E-state index is 13.4. The van der Waals surface area contributed by atoms with Gasteiger partial charge in [0.15, 0.2) is 0 Å². The van der Waals surface area contributed by atoms with Crippen LogP contribution in [-0.2, 0) is 35.6 Å². The van der Waals surface area contributed by atoms with Gasteiger partial charge in [0.05, 0.1) is 0 Å². The highest BCUT2D eigenvalue weighted by atomic mass is 16.2. The van der Waals surface area contributed by atoms with Gasteiger partial charge in [0.2, 0.25) is 11.8 Å². The Morgan fingerprint density at radius 2 is 1.84 bits per heavy atom. The Labute approximate surface area is 181 Å². The molecule has 0 radical (unpaired) electrons. The van der Waals surface area contributed by atoms with Gasteiger partial charge in [0.25, 0.3) is 5.91 Å². The molecule has 2 aromatic carbocycles. The van der Waals surface area contributed by atoms with E-state index in [0.717, 1.165) is 30.5 Å². The van der Waals surface area contributed by atoms with E-state index in [1.807, 2.05) is 24.3 Å². The molecular formula is C24H26N4O3. The zero-order valence-electron chi connectivity index (χ0n) is 17.4. The number of nitrogens with zero attached hydrogens (tertiary/aromatic N) is 2. The second kappa shape index (κ2) is 7.81. The fourth-order valence-corrected chi connectivity index (χ4v) is 5.16. The highest BCUT2D eigenvalue weighted by molar-refractivity contribution is 6.06. The molecule has 0 aliphatic carbocycles. The summed E-state index contributed by atoms with van der Waals surface area (Å²) in [7, 11) is 0. The molecule has 0 spiro atoms. The number of carbonyl (C=O) groups is 3. The fourth-order valence-electron chi connectivity index (χ4n) is 5.16. The molecule has 1 saturated heterocycles. The predicted molar refractivity (Wildman–Crippen MR) is 116 cm³/mol. The Hall–Kier alpha value is -3.19. The number of hydrogen-bond acceptors (Lipinski definition) is 5. The maximum atomic E-state index is 13.4. The molecule has 1 unspecified atom stereocenters. The molecular weight excluding hydrogens is 392 g/mol. The summed E-state index contributed by atoms with van der Waals surface area (Å²) in [5.74, 6) is -0.766. The summed E-state index contributed by atoms with van der Waals surface area (Å²) in [6.45, 7) is 2.49. The molecule has 0 saturated carbocycles. The van der Waals surface area contributed by atoms with Crippen molar-refractivity contribution in [2.75, 3.05) is 11.4 Å². The average Bonchev–Trinajstić information content (AvgIpc) is 3.11. The summed E-state index contributed by atoms with van der Waals surface area (Å²) in [4.78, 5) is 41.2. The van der Waals surface area contributed by atoms with Crippen LogP contribution in [0.4, 0.5) is 5.69 Å². The summed E-state index contributed by atoms with van der Waals surface area (Å²) in [5, 5.41) is 2.37. The van der Waals surface area contributed by atoms with Crippen molar-refractivity contribution in [2.24, 2.45) is 5.73 Å². The van der Waals surface area contributed by atoms with Crippen LogP contribution < -0.4 is 16.0 Å². The molecule has 3 amide bonds. The van der Waals surface area contributed by atoms with E-state index >= 15 is 0 Å². The number of benzene rings is 2. The Bertz CT molecular complexity index is 1080. The fraction of sp³-hybridized carbons (Fsp3) is 0.375. The third kappa shape index (κ3) is 3.39. The number of rotatable bonds is 4. The molecule has 5 rings (SSSR count). The second-order valence-electron chi connectivity index (χ2n) is 8.50. The standard InChI is InChI=1S/C24H26N4O3/c25-12-15-4-2-8-19-18(15)7-3-11-27(19)13-16-5-1-6-17-14-28(24(31)22(16)17)20-9-10-21(29)26-23(20)30/h1-2,4-6,8,20H,3,7,9-14,25H2,(H,26,29,30). The van der Waals surface area contributed by atoms with Gasteiger partial charge in [-0.1, -0.05) is 30.3 Å². The number of piperidine rings is 1. The first kappa shape index (κ1) is 19.8. The molecule has 3 aliphatic heterocycles. The molecule has 0 aromatic heterocycles. The van der Waals surface area contributed by atoms with Gasteiger partial charge in [-0.3, -0.25) is 19.7 Å². The van der Waals surface area contributed by atoms with Crippen molar-refractivity contribution in [3.63, 3.8) is 0 Å². The van der Waals surface area contributed by atoms with E-state index in [1.165, 1.54) is 16.8 Å². The van der Waals surface area contributed by atoms with Crippen LogP contribution in [-0.4, -0.2) is 35.2 Å². The molecule has 0 bridgehead atoms. The molecule has 2 aromatic rings. The Kier molecular flexibility index (Phi) is 4.98. The number of fused-ring (bicyclic) bond motifs is 2. The smallest absolute Gasteiger partial charge is 0.255 e. The summed E-state index contributed by atoms with van der Waals surface area (Å²) < 4.78 is 0. The lowest BCUT2D eigenvalue weighted by molar-refractivity contribution is -0.136. The van der Waals surface area contributed by atoms with Crippen molar-refractivity contribution in [1.82, 2.24) is 10.2 Å². The Balaban J connectivity index is 1.43. The number of imide groups is 1. The number of nitrogens with one attached hydrogen (secondary N) is 1. The number of anilines is 1. The van der Waals surface area contributed by atoms with Crippen molar-refractivity contribution in [3.05, 3.63) is 64.2 Å². The van der Waals surface area contributed by atoms with E-state index < -0.39 is 6.04 Å². The third-order valence-electron chi connectivity index (χ3n) is 6.66. The molecule has 7 heteroatoms. The number of hydrogen-bond donors (Lipinski definition) is 2. The van der Waals surface area contributed by atoms with Crippen LogP contribution in [0.15, 0.2) is 36.4 Å². The van der Waals surface area contributed by atoms with E-state index in [1.54, 1.807) is 4.90 Å². The Morgan fingerprint density at radius 1 is 1.03 bits per heavy atom. The lowest BCUT2D eigenvalue weighted by atomic mass is 9.95. The predicted octanol–water partition coefficient (Wildman–Crippen LogP) is 1.86. The van der Waals surface area contributed by atoms with Gasteiger partial charge in [0, 0.05) is 43.9 Å². The first-order valence-electron chi connectivity index (χ1n) is 10.9. The molecule has 31 heavy (non-hydrogen) atoms. The normalized spacial score (nSPS) is 20.5. The van der Waals surface area contributed by atoms with E-state index in [4.69, 9.17) is 5.73 Å². The second-order valence-corrected chi connectivity index (χ2v) is 8.50. The van der Waals surface area contributed by atoms with Crippen LogP contribution in [0.1, 0.15) is 51.9 Å². The largest absolute Gasteiger partial charge is 0.367 e. The quantitative estimate of drug-likeness (QED) is 0.739. The highest BCUT2D eigenvalue weighted by Crippen LogP contribution is 2.34. The van der Waals surface area contributed by atoms with Crippen LogP contribution in [0.5, 0.6) is 0 Å². The maximum Gasteiger partial charge on any atom is 0.255 e. The van der Waals surface area contributed by atoms with Crippen molar-refractivity contribution < 1.29 is 14.4 Å². The molecule has 3 heterocycles. The Morgan fingerprint density at radius 3 is 2.65 bits per heavy atom. The number of nitrogens with two attached hydrogens (primary N) is 1. The summed E-state index contributed by atoms with van der Waals surface area (Å²) in [6.07, 6.45) is 2.71. The summed E-state index contributed by atoms with van der Waals surface area (Å²) >= 11 is 0. The first-order valence-corrected chi connectivity index (χ1v) is 10.9. The van der Waals surface area contributed by atoms with Gasteiger partial charge < -0.3 is 15.5 Å². The number of carbonyl (C=O) groups excluding carboxylic acids is 3. The average molecular weight is 418 g/mol. The van der Waals surface area contributed by atoms with Gasteiger partial charge in [0.1, 0.15) is 6.04 Å². The molecule has 160 valence electrons. The molecule has 3 N–H and O–H groups in total. The van der Waals surface area contributed by atoms with Gasteiger partial charge in [-0.25, -0.2) is 0 Å². The zero-order valence-corrected chi connectivity index (χ0v) is 17.4. The van der Waals surface area contributed by atoms with Gasteiger partial charge in [-0.05, 0) is 47.6 Å². The van der Waals surface area contributed by atoms with Crippen LogP contribution in [0.3, 0.4) is 0 Å². The highest BCUT2D eigenvalue weighted by Gasteiger charge is 2.40. The lowest BCUT2D eigenvalue weighted by Crippen LogP contribution is -2.52. The topological polar surface area (TPSA) is 95.7 Å². The van der Waals surface area contributed by atoms with Crippen LogP contribution in [0.2, 0.25) is 0 Å². The van der Waals surface area contributed by atoms with E-state index in [-0.39, 0.29) is 24.1 Å². The lowest BCUT2D eigenvalue weighted by Gasteiger charge is -2.33. The van der Waals surface area contributed by atoms with Gasteiger partial charge in [-0.15, -0.1) is 0 Å². The third-order valence-corrected chi connectivity index (χ3v) is 6.66. The van der Waals surface area contributed by atoms with Crippen molar-refractivity contribution in [3.8, 4) is 0 Å². The minimum atomic E-state index is -0.590. The van der Waals surface area contributed by atoms with Crippen LogP contribution >= 0.6 is 0 Å². The van der Waals surface area contributed by atoms with Crippen LogP contribution in [0, 0.1) is 0 Å². The van der Waals surface area contributed by atoms with Crippen molar-refractivity contribution in [2.45, 2.75) is 51.4 Å². The van der Waals surface area contributed by atoms with Gasteiger partial charge in [-0.2, -0.15) is 0 Å². The minimum Gasteiger partial charge on any atom is -0.367 e. The van der Waals surface area contributed by atoms with E-state index in [2.05, 4.69) is 22.3 Å². The van der Waals surface area contributed by atoms with Crippen molar-refractivity contribution in [1.29, 1.82) is 0 Å². The first-order chi connectivity index (χ1) is 15.1. The zero-order chi connectivity index (χ0) is 21.5.